The second-order valence-electron chi connectivity index (χ2n) is 6.59. The highest BCUT2D eigenvalue weighted by molar-refractivity contribution is 7.16. The molecule has 0 saturated heterocycles. The van der Waals surface area contributed by atoms with Crippen molar-refractivity contribution < 1.29 is 5.11 Å². The molecule has 4 fully saturated rings. The van der Waals surface area contributed by atoms with E-state index in [0.29, 0.717) is 5.92 Å². The van der Waals surface area contributed by atoms with E-state index in [2.05, 4.69) is 0 Å². The first-order valence-electron chi connectivity index (χ1n) is 7.14. The summed E-state index contributed by atoms with van der Waals surface area (Å²) in [5, 5.41) is 10.7. The van der Waals surface area contributed by atoms with E-state index in [1.165, 1.54) is 32.1 Å². The molecular weight excluding hydrogens is 264 g/mol. The van der Waals surface area contributed by atoms with Gasteiger partial charge in [0.25, 0.3) is 0 Å². The van der Waals surface area contributed by atoms with E-state index in [4.69, 9.17) is 11.6 Å². The van der Waals surface area contributed by atoms with Crippen LogP contribution in [0, 0.1) is 29.6 Å². The van der Waals surface area contributed by atoms with Crippen LogP contribution in [0.2, 0.25) is 4.34 Å². The highest BCUT2D eigenvalue weighted by atomic mass is 35.5. The third-order valence-corrected chi connectivity index (χ3v) is 6.85. The molecule has 4 aliphatic carbocycles. The van der Waals surface area contributed by atoms with E-state index in [1.807, 2.05) is 12.1 Å². The first-order chi connectivity index (χ1) is 8.70. The molecule has 5 rings (SSSR count). The van der Waals surface area contributed by atoms with Gasteiger partial charge in [-0.3, -0.25) is 0 Å². The lowest BCUT2D eigenvalue weighted by atomic mass is 9.51. The summed E-state index contributed by atoms with van der Waals surface area (Å²) >= 11 is 7.56. The van der Waals surface area contributed by atoms with Gasteiger partial charge in [0, 0.05) is 4.88 Å². The molecule has 1 aromatic rings. The summed E-state index contributed by atoms with van der Waals surface area (Å²) in [6.07, 6.45) is 6.68. The van der Waals surface area contributed by atoms with E-state index in [0.717, 1.165) is 32.9 Å². The zero-order valence-electron chi connectivity index (χ0n) is 10.4. The van der Waals surface area contributed by atoms with Crippen molar-refractivity contribution in [3.05, 3.63) is 21.3 Å². The van der Waals surface area contributed by atoms with Gasteiger partial charge in [-0.15, -0.1) is 11.3 Å². The normalized spacial score (nSPS) is 43.3. The zero-order chi connectivity index (χ0) is 12.3. The lowest BCUT2D eigenvalue weighted by Crippen LogP contribution is -2.47. The summed E-state index contributed by atoms with van der Waals surface area (Å²) in [6, 6.07) is 3.93. The van der Waals surface area contributed by atoms with Crippen LogP contribution in [-0.4, -0.2) is 5.11 Å². The molecule has 1 unspecified atom stereocenters. The van der Waals surface area contributed by atoms with E-state index < -0.39 is 0 Å². The van der Waals surface area contributed by atoms with E-state index in [1.54, 1.807) is 11.3 Å². The SMILES string of the molecule is OC(c1ccc(Cl)s1)C1C2CC3CC(C2)CC1C3. The van der Waals surface area contributed by atoms with Crippen LogP contribution in [0.1, 0.15) is 43.1 Å². The maximum Gasteiger partial charge on any atom is 0.0932 e. The Kier molecular flexibility index (Phi) is 2.76. The average molecular weight is 283 g/mol. The number of aliphatic hydroxyl groups excluding tert-OH is 1. The molecule has 0 aliphatic heterocycles. The molecule has 4 saturated carbocycles. The van der Waals surface area contributed by atoms with Gasteiger partial charge in [-0.2, -0.15) is 0 Å². The molecule has 1 aromatic heterocycles. The predicted molar refractivity (Wildman–Crippen MR) is 74.8 cm³/mol. The Morgan fingerprint density at radius 2 is 1.67 bits per heavy atom. The Hall–Kier alpha value is -0.0500. The Labute approximate surface area is 117 Å². The standard InChI is InChI=1S/C15H19ClOS/c16-13-2-1-12(18-13)15(17)14-10-4-8-3-9(6-10)7-11(14)5-8/h1-2,8-11,14-15,17H,3-7H2. The fourth-order valence-electron chi connectivity index (χ4n) is 5.16. The number of hydrogen-bond donors (Lipinski definition) is 1. The molecule has 1 N–H and O–H groups in total. The number of rotatable bonds is 2. The molecule has 98 valence electrons. The van der Waals surface area contributed by atoms with Crippen molar-refractivity contribution in [2.75, 3.05) is 0 Å². The van der Waals surface area contributed by atoms with Crippen molar-refractivity contribution >= 4 is 22.9 Å². The molecule has 1 heterocycles. The molecule has 1 atom stereocenters. The Morgan fingerprint density at radius 1 is 1.06 bits per heavy atom. The van der Waals surface area contributed by atoms with Crippen LogP contribution >= 0.6 is 22.9 Å². The van der Waals surface area contributed by atoms with Gasteiger partial charge in [-0.1, -0.05) is 11.6 Å². The van der Waals surface area contributed by atoms with Gasteiger partial charge in [0.1, 0.15) is 0 Å². The van der Waals surface area contributed by atoms with Crippen LogP contribution in [0.3, 0.4) is 0 Å². The van der Waals surface area contributed by atoms with E-state index in [-0.39, 0.29) is 6.10 Å². The van der Waals surface area contributed by atoms with Crippen molar-refractivity contribution in [1.82, 2.24) is 0 Å². The van der Waals surface area contributed by atoms with Crippen LogP contribution in [0.25, 0.3) is 0 Å². The molecule has 18 heavy (non-hydrogen) atoms. The highest BCUT2D eigenvalue weighted by Gasteiger charge is 2.50. The number of halogens is 1. The van der Waals surface area contributed by atoms with Gasteiger partial charge < -0.3 is 5.11 Å². The second kappa shape index (κ2) is 4.22. The third kappa shape index (κ3) is 1.76. The molecule has 0 amide bonds. The summed E-state index contributed by atoms with van der Waals surface area (Å²) in [4.78, 5) is 1.08. The van der Waals surface area contributed by atoms with Crippen LogP contribution in [0.4, 0.5) is 0 Å². The third-order valence-electron chi connectivity index (χ3n) is 5.55. The summed E-state index contributed by atoms with van der Waals surface area (Å²) in [5.74, 6) is 4.01. The van der Waals surface area contributed by atoms with Crippen molar-refractivity contribution in [1.29, 1.82) is 0 Å². The number of thiophene rings is 1. The molecule has 1 nitrogen and oxygen atoms in total. The van der Waals surface area contributed by atoms with Crippen molar-refractivity contribution in [2.45, 2.75) is 38.2 Å². The molecule has 0 radical (unpaired) electrons. The van der Waals surface area contributed by atoms with Crippen molar-refractivity contribution in [2.24, 2.45) is 29.6 Å². The van der Waals surface area contributed by atoms with Crippen molar-refractivity contribution in [3.63, 3.8) is 0 Å². The Bertz CT molecular complexity index is 427. The Morgan fingerprint density at radius 3 is 2.17 bits per heavy atom. The molecule has 4 bridgehead atoms. The fourth-order valence-corrected chi connectivity index (χ4v) is 6.27. The van der Waals surface area contributed by atoms with Crippen LogP contribution < -0.4 is 0 Å². The summed E-state index contributed by atoms with van der Waals surface area (Å²) in [7, 11) is 0. The van der Waals surface area contributed by atoms with Gasteiger partial charge >= 0.3 is 0 Å². The molecular formula is C15H19ClOS. The zero-order valence-corrected chi connectivity index (χ0v) is 12.0. The Balaban J connectivity index is 1.61. The van der Waals surface area contributed by atoms with Gasteiger partial charge in [0.05, 0.1) is 10.4 Å². The topological polar surface area (TPSA) is 20.2 Å². The maximum atomic E-state index is 10.7. The summed E-state index contributed by atoms with van der Waals surface area (Å²) in [5.41, 5.74) is 0. The summed E-state index contributed by atoms with van der Waals surface area (Å²) in [6.45, 7) is 0. The number of hydrogen-bond acceptors (Lipinski definition) is 2. The average Bonchev–Trinajstić information content (AvgIpc) is 2.74. The minimum atomic E-state index is -0.266. The van der Waals surface area contributed by atoms with Gasteiger partial charge in [0.15, 0.2) is 0 Å². The molecule has 0 spiro atoms. The van der Waals surface area contributed by atoms with E-state index in [9.17, 15) is 5.11 Å². The fraction of sp³-hybridized carbons (Fsp3) is 0.733. The minimum absolute atomic E-state index is 0.266. The minimum Gasteiger partial charge on any atom is -0.387 e. The molecule has 0 aromatic carbocycles. The quantitative estimate of drug-likeness (QED) is 0.846. The van der Waals surface area contributed by atoms with Crippen LogP contribution in [-0.2, 0) is 0 Å². The lowest BCUT2D eigenvalue weighted by Gasteiger charge is -2.55. The second-order valence-corrected chi connectivity index (χ2v) is 8.34. The lowest BCUT2D eigenvalue weighted by molar-refractivity contribution is -0.0898. The highest BCUT2D eigenvalue weighted by Crippen LogP contribution is 2.59. The maximum absolute atomic E-state index is 10.7. The first kappa shape index (κ1) is 11.7. The van der Waals surface area contributed by atoms with Gasteiger partial charge in [-0.05, 0) is 73.8 Å². The van der Waals surface area contributed by atoms with Crippen LogP contribution in [0.5, 0.6) is 0 Å². The van der Waals surface area contributed by atoms with Gasteiger partial charge in [-0.25, -0.2) is 0 Å². The molecule has 4 aliphatic rings. The van der Waals surface area contributed by atoms with E-state index >= 15 is 0 Å². The predicted octanol–water partition coefficient (Wildman–Crippen LogP) is 4.51. The largest absolute Gasteiger partial charge is 0.387 e. The summed E-state index contributed by atoms with van der Waals surface area (Å²) < 4.78 is 0.799. The smallest absolute Gasteiger partial charge is 0.0932 e. The first-order valence-corrected chi connectivity index (χ1v) is 8.33. The van der Waals surface area contributed by atoms with Gasteiger partial charge in [0.2, 0.25) is 0 Å². The monoisotopic (exact) mass is 282 g/mol. The van der Waals surface area contributed by atoms with Crippen LogP contribution in [0.15, 0.2) is 12.1 Å². The number of aliphatic hydroxyl groups is 1. The molecule has 3 heteroatoms. The van der Waals surface area contributed by atoms with Crippen molar-refractivity contribution in [3.8, 4) is 0 Å².